The molecule has 0 saturated carbocycles. The molecule has 3 aromatic rings. The summed E-state index contributed by atoms with van der Waals surface area (Å²) in [5.74, 6) is 2.49. The van der Waals surface area contributed by atoms with E-state index in [-0.39, 0.29) is 0 Å². The number of hydrogen-bond acceptors (Lipinski definition) is 4. The molecule has 108 valence electrons. The molecule has 0 radical (unpaired) electrons. The van der Waals surface area contributed by atoms with Gasteiger partial charge in [-0.05, 0) is 30.8 Å². The molecule has 0 aliphatic heterocycles. The molecule has 1 N–H and O–H groups in total. The number of ether oxygens (including phenoxy) is 1. The molecule has 0 aliphatic carbocycles. The van der Waals surface area contributed by atoms with E-state index in [1.807, 2.05) is 42.5 Å². The molecule has 0 bridgehead atoms. The minimum Gasteiger partial charge on any atom is -0.484 e. The van der Waals surface area contributed by atoms with Gasteiger partial charge in [0, 0.05) is 5.39 Å². The lowest BCUT2D eigenvalue weighted by atomic mass is 10.2. The largest absolute Gasteiger partial charge is 0.484 e. The molecule has 4 heteroatoms. The van der Waals surface area contributed by atoms with E-state index < -0.39 is 0 Å². The zero-order chi connectivity index (χ0) is 14.5. The Balaban J connectivity index is 1.64. The van der Waals surface area contributed by atoms with E-state index >= 15 is 0 Å². The molecule has 0 spiro atoms. The zero-order valence-corrected chi connectivity index (χ0v) is 12.0. The first kappa shape index (κ1) is 13.6. The Hall–Kier alpha value is -2.33. The summed E-state index contributed by atoms with van der Waals surface area (Å²) < 4.78 is 11.4. The van der Waals surface area contributed by atoms with Crippen LogP contribution in [-0.2, 0) is 13.2 Å². The lowest BCUT2D eigenvalue weighted by Gasteiger charge is -2.05. The molecule has 4 nitrogen and oxygen atoms in total. The fourth-order valence-electron chi connectivity index (χ4n) is 2.13. The Morgan fingerprint density at radius 3 is 2.90 bits per heavy atom. The van der Waals surface area contributed by atoms with Crippen molar-refractivity contribution in [1.29, 1.82) is 0 Å². The summed E-state index contributed by atoms with van der Waals surface area (Å²) in [6.45, 7) is 4.15. The zero-order valence-electron chi connectivity index (χ0n) is 12.0. The highest BCUT2D eigenvalue weighted by Gasteiger charge is 2.04. The van der Waals surface area contributed by atoms with Crippen molar-refractivity contribution in [2.24, 2.45) is 0 Å². The number of pyridine rings is 1. The molecule has 0 atom stereocenters. The van der Waals surface area contributed by atoms with Gasteiger partial charge in [-0.2, -0.15) is 0 Å². The molecule has 2 heterocycles. The molecule has 0 aliphatic rings. The van der Waals surface area contributed by atoms with Crippen molar-refractivity contribution in [1.82, 2.24) is 10.3 Å². The van der Waals surface area contributed by atoms with Crippen molar-refractivity contribution in [2.45, 2.75) is 20.1 Å². The monoisotopic (exact) mass is 282 g/mol. The van der Waals surface area contributed by atoms with Crippen LogP contribution < -0.4 is 10.1 Å². The Kier molecular flexibility index (Phi) is 4.17. The maximum absolute atomic E-state index is 5.74. The van der Waals surface area contributed by atoms with Crippen LogP contribution in [0, 0.1) is 0 Å². The summed E-state index contributed by atoms with van der Waals surface area (Å²) in [5, 5.41) is 4.30. The Labute approximate surface area is 123 Å². The minimum absolute atomic E-state index is 0.409. The van der Waals surface area contributed by atoms with Gasteiger partial charge in [0.05, 0.1) is 18.3 Å². The number of nitrogens with zero attached hydrogens (tertiary/aromatic N) is 1. The second-order valence-electron chi connectivity index (χ2n) is 4.80. The van der Waals surface area contributed by atoms with Crippen molar-refractivity contribution in [3.05, 3.63) is 60.2 Å². The van der Waals surface area contributed by atoms with Gasteiger partial charge in [0.2, 0.25) is 0 Å². The number of rotatable bonds is 6. The molecule has 0 fully saturated rings. The third kappa shape index (κ3) is 3.41. The standard InChI is InChI=1S/C17H18N2O2/c1-2-18-10-14-7-8-15(21-14)12-20-16-9-13-5-3-4-6-17(13)19-11-16/h3-9,11,18H,2,10,12H2,1H3. The number of furan rings is 1. The fourth-order valence-corrected chi connectivity index (χ4v) is 2.13. The molecule has 0 saturated heterocycles. The molecule has 0 amide bonds. The first-order valence-corrected chi connectivity index (χ1v) is 7.11. The van der Waals surface area contributed by atoms with Gasteiger partial charge < -0.3 is 14.5 Å². The fraction of sp³-hybridized carbons (Fsp3) is 0.235. The maximum atomic E-state index is 5.74. The third-order valence-corrected chi connectivity index (χ3v) is 3.21. The SMILES string of the molecule is CCNCc1ccc(COc2cnc3ccccc3c2)o1. The predicted octanol–water partition coefficient (Wildman–Crippen LogP) is 3.52. The van der Waals surface area contributed by atoms with Gasteiger partial charge in [-0.1, -0.05) is 25.1 Å². The molecule has 2 aromatic heterocycles. The highest BCUT2D eigenvalue weighted by atomic mass is 16.5. The first-order valence-electron chi connectivity index (χ1n) is 7.11. The van der Waals surface area contributed by atoms with E-state index in [0.29, 0.717) is 6.61 Å². The summed E-state index contributed by atoms with van der Waals surface area (Å²) in [5.41, 5.74) is 0.968. The van der Waals surface area contributed by atoms with Crippen LogP contribution in [0.25, 0.3) is 10.9 Å². The maximum Gasteiger partial charge on any atom is 0.146 e. The van der Waals surface area contributed by atoms with E-state index in [1.54, 1.807) is 6.20 Å². The van der Waals surface area contributed by atoms with Crippen molar-refractivity contribution >= 4 is 10.9 Å². The molecule has 3 rings (SSSR count). The highest BCUT2D eigenvalue weighted by molar-refractivity contribution is 5.79. The first-order chi connectivity index (χ1) is 10.3. The Morgan fingerprint density at radius 2 is 2.00 bits per heavy atom. The number of nitrogens with one attached hydrogen (secondary N) is 1. The van der Waals surface area contributed by atoms with Crippen LogP contribution >= 0.6 is 0 Å². The molecule has 0 unspecified atom stereocenters. The van der Waals surface area contributed by atoms with Crippen LogP contribution in [0.5, 0.6) is 5.75 Å². The van der Waals surface area contributed by atoms with Gasteiger partial charge in [-0.25, -0.2) is 0 Å². The van der Waals surface area contributed by atoms with Gasteiger partial charge >= 0.3 is 0 Å². The second kappa shape index (κ2) is 6.41. The van der Waals surface area contributed by atoms with E-state index in [0.717, 1.165) is 41.3 Å². The number of aromatic nitrogens is 1. The smallest absolute Gasteiger partial charge is 0.146 e. The third-order valence-electron chi connectivity index (χ3n) is 3.21. The van der Waals surface area contributed by atoms with Crippen molar-refractivity contribution in [3.63, 3.8) is 0 Å². The summed E-state index contributed by atoms with van der Waals surface area (Å²) in [4.78, 5) is 4.37. The Bertz CT molecular complexity index is 721. The number of para-hydroxylation sites is 1. The lowest BCUT2D eigenvalue weighted by molar-refractivity contribution is 0.264. The molecule has 21 heavy (non-hydrogen) atoms. The van der Waals surface area contributed by atoms with Gasteiger partial charge in [0.15, 0.2) is 0 Å². The summed E-state index contributed by atoms with van der Waals surface area (Å²) in [6, 6.07) is 13.9. The predicted molar refractivity (Wildman–Crippen MR) is 82.2 cm³/mol. The highest BCUT2D eigenvalue weighted by Crippen LogP contribution is 2.19. The van der Waals surface area contributed by atoms with Gasteiger partial charge in [-0.3, -0.25) is 4.98 Å². The van der Waals surface area contributed by atoms with Gasteiger partial charge in [0.1, 0.15) is 23.9 Å². The van der Waals surface area contributed by atoms with Crippen LogP contribution in [0.15, 0.2) is 53.1 Å². The molecular weight excluding hydrogens is 264 g/mol. The van der Waals surface area contributed by atoms with E-state index in [4.69, 9.17) is 9.15 Å². The number of hydrogen-bond donors (Lipinski definition) is 1. The van der Waals surface area contributed by atoms with Gasteiger partial charge in [-0.15, -0.1) is 0 Å². The summed E-state index contributed by atoms with van der Waals surface area (Å²) in [7, 11) is 0. The van der Waals surface area contributed by atoms with Crippen LogP contribution in [0.1, 0.15) is 18.4 Å². The van der Waals surface area contributed by atoms with E-state index in [9.17, 15) is 0 Å². The minimum atomic E-state index is 0.409. The average molecular weight is 282 g/mol. The number of benzene rings is 1. The van der Waals surface area contributed by atoms with Crippen molar-refractivity contribution in [3.8, 4) is 5.75 Å². The number of fused-ring (bicyclic) bond motifs is 1. The van der Waals surface area contributed by atoms with Crippen LogP contribution in [-0.4, -0.2) is 11.5 Å². The van der Waals surface area contributed by atoms with Crippen LogP contribution in [0.3, 0.4) is 0 Å². The van der Waals surface area contributed by atoms with Gasteiger partial charge in [0.25, 0.3) is 0 Å². The lowest BCUT2D eigenvalue weighted by Crippen LogP contribution is -2.10. The quantitative estimate of drug-likeness (QED) is 0.751. The Morgan fingerprint density at radius 1 is 1.14 bits per heavy atom. The van der Waals surface area contributed by atoms with E-state index in [2.05, 4.69) is 17.2 Å². The molecule has 1 aromatic carbocycles. The topological polar surface area (TPSA) is 47.3 Å². The molecular formula is C17H18N2O2. The second-order valence-corrected chi connectivity index (χ2v) is 4.80. The van der Waals surface area contributed by atoms with Crippen molar-refractivity contribution in [2.75, 3.05) is 6.54 Å². The van der Waals surface area contributed by atoms with Crippen LogP contribution in [0.2, 0.25) is 0 Å². The summed E-state index contributed by atoms with van der Waals surface area (Å²) >= 11 is 0. The average Bonchev–Trinajstić information content (AvgIpc) is 2.98. The van der Waals surface area contributed by atoms with E-state index in [1.165, 1.54) is 0 Å². The van der Waals surface area contributed by atoms with Crippen molar-refractivity contribution < 1.29 is 9.15 Å². The normalized spacial score (nSPS) is 10.9. The summed E-state index contributed by atoms with van der Waals surface area (Å²) in [6.07, 6.45) is 1.74. The van der Waals surface area contributed by atoms with Crippen LogP contribution in [0.4, 0.5) is 0 Å².